The number of aromatic nitrogens is 1. The Balaban J connectivity index is 1.36. The van der Waals surface area contributed by atoms with Crippen LogP contribution < -0.4 is 5.32 Å². The molecule has 3 fully saturated rings. The first kappa shape index (κ1) is 20.1. The SMILES string of the molecule is O=C(CCN1CCOC1=O)N1CCO[C@@]2(CCCC[C@@H]2NCc2cccnc2)C1. The fraction of sp³-hybridized carbons (Fsp3) is 0.667. The van der Waals surface area contributed by atoms with Crippen molar-refractivity contribution in [3.63, 3.8) is 0 Å². The number of hydrogen-bond donors (Lipinski definition) is 1. The fourth-order valence-corrected chi connectivity index (χ4v) is 4.64. The molecule has 1 spiro atoms. The standard InChI is InChI=1S/C21H30N4O4/c26-19(6-9-24-10-12-28-20(24)27)25-11-13-29-21(16-25)7-2-1-5-18(21)23-15-17-4-3-8-22-14-17/h3-4,8,14,18,23H,1-2,5-7,9-13,15-16H2/t18-,21-/m0/s1. The van der Waals surface area contributed by atoms with E-state index in [1.54, 1.807) is 11.1 Å². The average molecular weight is 402 g/mol. The molecule has 1 aromatic heterocycles. The van der Waals surface area contributed by atoms with Crippen LogP contribution in [0, 0.1) is 0 Å². The second-order valence-corrected chi connectivity index (χ2v) is 8.12. The maximum atomic E-state index is 12.8. The van der Waals surface area contributed by atoms with Gasteiger partial charge in [0, 0.05) is 44.5 Å². The lowest BCUT2D eigenvalue weighted by Gasteiger charge is -2.50. The smallest absolute Gasteiger partial charge is 0.409 e. The molecule has 2 amide bonds. The monoisotopic (exact) mass is 402 g/mol. The highest BCUT2D eigenvalue weighted by Gasteiger charge is 2.45. The van der Waals surface area contributed by atoms with Gasteiger partial charge in [-0.05, 0) is 24.5 Å². The molecule has 8 nitrogen and oxygen atoms in total. The van der Waals surface area contributed by atoms with Crippen molar-refractivity contribution in [3.8, 4) is 0 Å². The number of morpholine rings is 1. The van der Waals surface area contributed by atoms with Gasteiger partial charge in [-0.25, -0.2) is 4.79 Å². The van der Waals surface area contributed by atoms with E-state index in [9.17, 15) is 9.59 Å². The average Bonchev–Trinajstić information content (AvgIpc) is 3.17. The third kappa shape index (κ3) is 4.70. The summed E-state index contributed by atoms with van der Waals surface area (Å²) in [7, 11) is 0. The van der Waals surface area contributed by atoms with E-state index >= 15 is 0 Å². The molecule has 4 rings (SSSR count). The van der Waals surface area contributed by atoms with Gasteiger partial charge in [0.15, 0.2) is 0 Å². The quantitative estimate of drug-likeness (QED) is 0.777. The Kier molecular flexibility index (Phi) is 6.30. The molecule has 3 aliphatic rings. The normalized spacial score (nSPS) is 27.3. The molecule has 1 aliphatic carbocycles. The number of nitrogens with zero attached hydrogens (tertiary/aromatic N) is 3. The molecule has 0 unspecified atom stereocenters. The van der Waals surface area contributed by atoms with Crippen molar-refractivity contribution < 1.29 is 19.1 Å². The van der Waals surface area contributed by atoms with E-state index in [0.717, 1.165) is 31.4 Å². The molecular formula is C21H30N4O4. The molecular weight excluding hydrogens is 372 g/mol. The number of pyridine rings is 1. The highest BCUT2D eigenvalue weighted by molar-refractivity contribution is 5.77. The van der Waals surface area contributed by atoms with Crippen LogP contribution in [0.3, 0.4) is 0 Å². The number of nitrogens with one attached hydrogen (secondary N) is 1. The predicted octanol–water partition coefficient (Wildman–Crippen LogP) is 1.55. The molecule has 1 saturated carbocycles. The second kappa shape index (κ2) is 9.09. The van der Waals surface area contributed by atoms with Crippen LogP contribution in [0.5, 0.6) is 0 Å². The van der Waals surface area contributed by atoms with Gasteiger partial charge in [0.05, 0.1) is 19.7 Å². The lowest BCUT2D eigenvalue weighted by molar-refractivity contribution is -0.163. The van der Waals surface area contributed by atoms with Crippen molar-refractivity contribution >= 4 is 12.0 Å². The van der Waals surface area contributed by atoms with Gasteiger partial charge in [0.1, 0.15) is 12.2 Å². The molecule has 29 heavy (non-hydrogen) atoms. The van der Waals surface area contributed by atoms with Crippen molar-refractivity contribution in [2.24, 2.45) is 0 Å². The lowest BCUT2D eigenvalue weighted by atomic mass is 9.78. The maximum Gasteiger partial charge on any atom is 0.409 e. The number of amides is 2. The number of carbonyl (C=O) groups is 2. The van der Waals surface area contributed by atoms with Gasteiger partial charge in [-0.1, -0.05) is 18.9 Å². The summed E-state index contributed by atoms with van der Waals surface area (Å²) in [6.45, 7) is 3.93. The van der Waals surface area contributed by atoms with Crippen LogP contribution >= 0.6 is 0 Å². The molecule has 2 aliphatic heterocycles. The number of rotatable bonds is 6. The van der Waals surface area contributed by atoms with Gasteiger partial charge in [0.2, 0.25) is 5.91 Å². The Morgan fingerprint density at radius 3 is 3.03 bits per heavy atom. The Labute approximate surface area is 171 Å². The minimum atomic E-state index is -0.332. The molecule has 8 heteroatoms. The summed E-state index contributed by atoms with van der Waals surface area (Å²) in [6, 6.07) is 4.22. The fourth-order valence-electron chi connectivity index (χ4n) is 4.64. The van der Waals surface area contributed by atoms with Gasteiger partial charge < -0.3 is 24.6 Å². The summed E-state index contributed by atoms with van der Waals surface area (Å²) >= 11 is 0. The predicted molar refractivity (Wildman–Crippen MR) is 106 cm³/mol. The number of hydrogen-bond acceptors (Lipinski definition) is 6. The van der Waals surface area contributed by atoms with Crippen molar-refractivity contribution in [2.45, 2.75) is 50.3 Å². The summed E-state index contributed by atoms with van der Waals surface area (Å²) in [6.07, 6.45) is 7.96. The topological polar surface area (TPSA) is 84.0 Å². The largest absolute Gasteiger partial charge is 0.448 e. The van der Waals surface area contributed by atoms with Crippen LogP contribution in [-0.4, -0.2) is 77.8 Å². The van der Waals surface area contributed by atoms with Gasteiger partial charge >= 0.3 is 6.09 Å². The molecule has 158 valence electrons. The number of cyclic esters (lactones) is 1. The van der Waals surface area contributed by atoms with E-state index < -0.39 is 0 Å². The molecule has 3 heterocycles. The van der Waals surface area contributed by atoms with Gasteiger partial charge in [-0.3, -0.25) is 9.78 Å². The Morgan fingerprint density at radius 2 is 2.24 bits per heavy atom. The molecule has 2 atom stereocenters. The minimum Gasteiger partial charge on any atom is -0.448 e. The number of carbonyl (C=O) groups excluding carboxylic acids is 2. The zero-order valence-electron chi connectivity index (χ0n) is 16.8. The van der Waals surface area contributed by atoms with E-state index in [1.165, 1.54) is 6.42 Å². The van der Waals surface area contributed by atoms with E-state index in [4.69, 9.17) is 9.47 Å². The van der Waals surface area contributed by atoms with Crippen LogP contribution in [0.2, 0.25) is 0 Å². The lowest BCUT2D eigenvalue weighted by Crippen LogP contribution is -2.64. The van der Waals surface area contributed by atoms with E-state index in [2.05, 4.69) is 16.4 Å². The highest BCUT2D eigenvalue weighted by Crippen LogP contribution is 2.35. The molecule has 0 bridgehead atoms. The highest BCUT2D eigenvalue weighted by atomic mass is 16.6. The van der Waals surface area contributed by atoms with E-state index in [1.807, 2.05) is 17.2 Å². The molecule has 1 aromatic rings. The molecule has 0 aromatic carbocycles. The first-order valence-corrected chi connectivity index (χ1v) is 10.6. The Morgan fingerprint density at radius 1 is 1.31 bits per heavy atom. The summed E-state index contributed by atoms with van der Waals surface area (Å²) in [4.78, 5) is 32.1. The van der Waals surface area contributed by atoms with Gasteiger partial charge in [0.25, 0.3) is 0 Å². The van der Waals surface area contributed by atoms with Gasteiger partial charge in [-0.15, -0.1) is 0 Å². The molecule has 2 saturated heterocycles. The van der Waals surface area contributed by atoms with Crippen molar-refractivity contribution in [3.05, 3.63) is 30.1 Å². The summed E-state index contributed by atoms with van der Waals surface area (Å²) in [5.41, 5.74) is 0.815. The molecule has 1 N–H and O–H groups in total. The van der Waals surface area contributed by atoms with Crippen molar-refractivity contribution in [2.75, 3.05) is 39.4 Å². The zero-order valence-corrected chi connectivity index (χ0v) is 16.8. The van der Waals surface area contributed by atoms with Crippen LogP contribution in [0.1, 0.15) is 37.7 Å². The van der Waals surface area contributed by atoms with Gasteiger partial charge in [-0.2, -0.15) is 0 Å². The third-order valence-corrected chi connectivity index (χ3v) is 6.26. The number of ether oxygens (including phenoxy) is 2. The Bertz CT molecular complexity index is 712. The minimum absolute atomic E-state index is 0.0870. The van der Waals surface area contributed by atoms with Crippen LogP contribution in [-0.2, 0) is 20.8 Å². The van der Waals surface area contributed by atoms with Crippen LogP contribution in [0.4, 0.5) is 4.79 Å². The summed E-state index contributed by atoms with van der Waals surface area (Å²) in [5, 5.41) is 3.67. The van der Waals surface area contributed by atoms with Crippen molar-refractivity contribution in [1.82, 2.24) is 20.1 Å². The first-order chi connectivity index (χ1) is 14.2. The van der Waals surface area contributed by atoms with Crippen LogP contribution in [0.25, 0.3) is 0 Å². The summed E-state index contributed by atoms with van der Waals surface area (Å²) in [5.74, 6) is 0.0870. The van der Waals surface area contributed by atoms with E-state index in [-0.39, 0.29) is 23.6 Å². The van der Waals surface area contributed by atoms with Crippen molar-refractivity contribution in [1.29, 1.82) is 0 Å². The zero-order chi connectivity index (χ0) is 20.1. The third-order valence-electron chi connectivity index (χ3n) is 6.26. The summed E-state index contributed by atoms with van der Waals surface area (Å²) < 4.78 is 11.3. The molecule has 0 radical (unpaired) electrons. The Hall–Kier alpha value is -2.19. The van der Waals surface area contributed by atoms with Crippen LogP contribution in [0.15, 0.2) is 24.5 Å². The second-order valence-electron chi connectivity index (χ2n) is 8.12. The van der Waals surface area contributed by atoms with E-state index in [0.29, 0.717) is 45.8 Å². The first-order valence-electron chi connectivity index (χ1n) is 10.6. The maximum absolute atomic E-state index is 12.8.